The Morgan fingerprint density at radius 2 is 1.78 bits per heavy atom. The molecule has 2 aromatic carbocycles. The Labute approximate surface area is 214 Å². The van der Waals surface area contributed by atoms with Crippen LogP contribution < -0.4 is 0 Å². The molecule has 1 N–H and O–H groups in total. The van der Waals surface area contributed by atoms with E-state index < -0.39 is 36.7 Å². The van der Waals surface area contributed by atoms with E-state index in [0.717, 1.165) is 28.6 Å². The van der Waals surface area contributed by atoms with Gasteiger partial charge in [-0.3, -0.25) is 9.29 Å². The molecule has 200 valence electrons. The summed E-state index contributed by atoms with van der Waals surface area (Å²) in [6.07, 6.45) is -1.34. The van der Waals surface area contributed by atoms with E-state index in [1.165, 1.54) is 0 Å². The minimum atomic E-state index is -1.51. The topological polar surface area (TPSA) is 22.3 Å². The summed E-state index contributed by atoms with van der Waals surface area (Å²) in [7, 11) is 0. The van der Waals surface area contributed by atoms with Gasteiger partial charge in [0, 0.05) is 60.3 Å². The molecule has 2 aliphatic rings. The van der Waals surface area contributed by atoms with Crippen LogP contribution in [0.2, 0.25) is 0 Å². The van der Waals surface area contributed by atoms with Crippen molar-refractivity contribution >= 4 is 10.9 Å². The average Bonchev–Trinajstić information content (AvgIpc) is 3.22. The van der Waals surface area contributed by atoms with Gasteiger partial charge in [0.25, 0.3) is 0 Å². The molecule has 1 saturated heterocycles. The Morgan fingerprint density at radius 1 is 1.08 bits per heavy atom. The number of aromatic amines is 1. The van der Waals surface area contributed by atoms with Crippen LogP contribution in [0.25, 0.3) is 10.9 Å². The van der Waals surface area contributed by atoms with E-state index in [0.29, 0.717) is 44.6 Å². The summed E-state index contributed by atoms with van der Waals surface area (Å²) >= 11 is 0. The number of benzene rings is 2. The highest BCUT2D eigenvalue weighted by atomic mass is 19.1. The molecule has 0 amide bonds. The molecule has 3 aromatic rings. The average molecular weight is 520 g/mol. The Morgan fingerprint density at radius 3 is 2.46 bits per heavy atom. The van der Waals surface area contributed by atoms with Gasteiger partial charge >= 0.3 is 0 Å². The summed E-state index contributed by atoms with van der Waals surface area (Å²) < 4.78 is 73.8. The van der Waals surface area contributed by atoms with Crippen LogP contribution in [0.5, 0.6) is 0 Å². The SMILES string of the molecule is CC[C@H](F)CN1[C@H](c2c(F)cc([C@@H](F)C3CN(CCCF)C3)cc2F)c2[nH]c3ccccc3c2C[C@H]1C. The summed E-state index contributed by atoms with van der Waals surface area (Å²) in [4.78, 5) is 7.12. The van der Waals surface area contributed by atoms with Crippen LogP contribution in [0, 0.1) is 17.6 Å². The highest BCUT2D eigenvalue weighted by Gasteiger charge is 2.40. The van der Waals surface area contributed by atoms with Crippen molar-refractivity contribution in [2.45, 2.75) is 57.5 Å². The van der Waals surface area contributed by atoms with E-state index in [9.17, 15) is 8.78 Å². The summed E-state index contributed by atoms with van der Waals surface area (Å²) in [6, 6.07) is 8.90. The van der Waals surface area contributed by atoms with Crippen LogP contribution in [-0.2, 0) is 6.42 Å². The molecule has 1 fully saturated rings. The maximum Gasteiger partial charge on any atom is 0.131 e. The summed E-state index contributed by atoms with van der Waals surface area (Å²) in [6.45, 7) is 4.75. The standard InChI is InChI=1S/C29H34F5N3/c1-3-20(31)16-37-17(2)11-22-21-7-4-5-8-25(21)35-28(22)29(37)26-23(32)12-18(13-24(26)33)27(34)19-14-36(15-19)10-6-9-30/h4-5,7-8,12-13,17,19-20,27,29,35H,3,6,9-11,14-16H2,1-2H3/t17-,20+,27-,29-/m1/s1. The number of para-hydroxylation sites is 1. The summed E-state index contributed by atoms with van der Waals surface area (Å²) in [5.41, 5.74) is 2.29. The predicted molar refractivity (Wildman–Crippen MR) is 136 cm³/mol. The normalized spacial score (nSPS) is 22.7. The van der Waals surface area contributed by atoms with Crippen LogP contribution in [0.3, 0.4) is 0 Å². The number of nitrogens with one attached hydrogen (secondary N) is 1. The number of H-pyrrole nitrogens is 1. The van der Waals surface area contributed by atoms with Crippen molar-refractivity contribution in [3.8, 4) is 0 Å². The lowest BCUT2D eigenvalue weighted by Crippen LogP contribution is -2.48. The molecule has 0 unspecified atom stereocenters. The van der Waals surface area contributed by atoms with Gasteiger partial charge in [-0.1, -0.05) is 25.1 Å². The monoisotopic (exact) mass is 519 g/mol. The van der Waals surface area contributed by atoms with Gasteiger partial charge < -0.3 is 9.88 Å². The molecule has 5 rings (SSSR count). The number of hydrogen-bond acceptors (Lipinski definition) is 2. The second-order valence-corrected chi connectivity index (χ2v) is 10.6. The third-order valence-corrected chi connectivity index (χ3v) is 8.07. The van der Waals surface area contributed by atoms with E-state index >= 15 is 13.2 Å². The molecule has 0 saturated carbocycles. The zero-order valence-corrected chi connectivity index (χ0v) is 21.3. The van der Waals surface area contributed by atoms with Crippen LogP contribution in [0.15, 0.2) is 36.4 Å². The van der Waals surface area contributed by atoms with Crippen molar-refractivity contribution in [2.75, 3.05) is 32.9 Å². The molecule has 4 atom stereocenters. The number of rotatable bonds is 9. The molecule has 3 nitrogen and oxygen atoms in total. The molecule has 0 spiro atoms. The molecule has 1 aromatic heterocycles. The quantitative estimate of drug-likeness (QED) is 0.313. The Balaban J connectivity index is 1.51. The fourth-order valence-electron chi connectivity index (χ4n) is 6.02. The first-order valence-electron chi connectivity index (χ1n) is 13.2. The number of nitrogens with zero attached hydrogens (tertiary/aromatic N) is 2. The fourth-order valence-corrected chi connectivity index (χ4v) is 6.02. The van der Waals surface area contributed by atoms with E-state index in [4.69, 9.17) is 0 Å². The number of alkyl halides is 3. The lowest BCUT2D eigenvalue weighted by atomic mass is 9.85. The number of halogens is 5. The van der Waals surface area contributed by atoms with Crippen molar-refractivity contribution in [3.05, 3.63) is 70.4 Å². The first-order chi connectivity index (χ1) is 17.8. The van der Waals surface area contributed by atoms with Crippen molar-refractivity contribution in [1.29, 1.82) is 0 Å². The smallest absolute Gasteiger partial charge is 0.131 e. The van der Waals surface area contributed by atoms with Crippen LogP contribution in [0.4, 0.5) is 22.0 Å². The largest absolute Gasteiger partial charge is 0.357 e. The molecule has 8 heteroatoms. The van der Waals surface area contributed by atoms with Gasteiger partial charge in [0.15, 0.2) is 0 Å². The second kappa shape index (κ2) is 10.7. The van der Waals surface area contributed by atoms with Crippen molar-refractivity contribution in [2.24, 2.45) is 5.92 Å². The zero-order valence-electron chi connectivity index (χ0n) is 21.3. The van der Waals surface area contributed by atoms with Crippen molar-refractivity contribution in [1.82, 2.24) is 14.8 Å². The second-order valence-electron chi connectivity index (χ2n) is 10.6. The van der Waals surface area contributed by atoms with Gasteiger partial charge in [-0.05, 0) is 55.5 Å². The van der Waals surface area contributed by atoms with Crippen molar-refractivity contribution < 1.29 is 22.0 Å². The van der Waals surface area contributed by atoms with E-state index in [-0.39, 0.29) is 29.6 Å². The lowest BCUT2D eigenvalue weighted by molar-refractivity contribution is 0.0361. The third-order valence-electron chi connectivity index (χ3n) is 8.07. The maximum atomic E-state index is 15.8. The lowest BCUT2D eigenvalue weighted by Gasteiger charge is -2.42. The Bertz CT molecular complexity index is 1210. The van der Waals surface area contributed by atoms with Crippen LogP contribution in [0.1, 0.15) is 61.3 Å². The third kappa shape index (κ3) is 4.90. The van der Waals surface area contributed by atoms with E-state index in [1.54, 1.807) is 6.92 Å². The predicted octanol–water partition coefficient (Wildman–Crippen LogP) is 6.83. The van der Waals surface area contributed by atoms with Crippen LogP contribution in [-0.4, -0.2) is 59.9 Å². The van der Waals surface area contributed by atoms with Gasteiger partial charge in [-0.15, -0.1) is 0 Å². The highest BCUT2D eigenvalue weighted by Crippen LogP contribution is 2.44. The first kappa shape index (κ1) is 26.2. The van der Waals surface area contributed by atoms with Gasteiger partial charge in [-0.2, -0.15) is 0 Å². The molecule has 2 aliphatic heterocycles. The fraction of sp³-hybridized carbons (Fsp3) is 0.517. The minimum absolute atomic E-state index is 0.0295. The summed E-state index contributed by atoms with van der Waals surface area (Å²) in [5.74, 6) is -2.04. The molecule has 0 aliphatic carbocycles. The number of fused-ring (bicyclic) bond motifs is 3. The molecule has 0 radical (unpaired) electrons. The molecule has 0 bridgehead atoms. The van der Waals surface area contributed by atoms with Gasteiger partial charge in [-0.25, -0.2) is 17.6 Å². The number of hydrogen-bond donors (Lipinski definition) is 1. The number of aromatic nitrogens is 1. The van der Waals surface area contributed by atoms with Gasteiger partial charge in [0.05, 0.1) is 12.7 Å². The number of likely N-dealkylation sites (tertiary alicyclic amines) is 1. The van der Waals surface area contributed by atoms with E-state index in [1.807, 2.05) is 41.0 Å². The van der Waals surface area contributed by atoms with E-state index in [2.05, 4.69) is 4.98 Å². The molecule has 37 heavy (non-hydrogen) atoms. The first-order valence-corrected chi connectivity index (χ1v) is 13.2. The Kier molecular flexibility index (Phi) is 7.59. The zero-order chi connectivity index (χ0) is 26.3. The maximum absolute atomic E-state index is 15.8. The molecule has 3 heterocycles. The molecular formula is C29H34F5N3. The summed E-state index contributed by atoms with van der Waals surface area (Å²) in [5, 5.41) is 0.991. The van der Waals surface area contributed by atoms with Crippen molar-refractivity contribution in [3.63, 3.8) is 0 Å². The molecular weight excluding hydrogens is 485 g/mol. The Hall–Kier alpha value is -2.45. The minimum Gasteiger partial charge on any atom is -0.357 e. The highest BCUT2D eigenvalue weighted by molar-refractivity contribution is 5.85. The van der Waals surface area contributed by atoms with Gasteiger partial charge in [0.2, 0.25) is 0 Å². The van der Waals surface area contributed by atoms with Crippen LogP contribution >= 0.6 is 0 Å². The van der Waals surface area contributed by atoms with Gasteiger partial charge in [0.1, 0.15) is 24.0 Å².